The molecular weight excluding hydrogens is 310 g/mol. The second-order valence-electron chi connectivity index (χ2n) is 5.30. The molecule has 0 fully saturated rings. The molecule has 2 aromatic rings. The molecule has 0 atom stereocenters. The van der Waals surface area contributed by atoms with Crippen molar-refractivity contribution in [2.24, 2.45) is 0 Å². The summed E-state index contributed by atoms with van der Waals surface area (Å²) >= 11 is 1.52. The van der Waals surface area contributed by atoms with Gasteiger partial charge in [-0.05, 0) is 31.0 Å². The average molecular weight is 328 g/mol. The molecule has 5 heteroatoms. The molecule has 0 saturated heterocycles. The number of aromatic carboxylic acids is 1. The standard InChI is InChI=1S/C18H19NO3S/c1-12-5-3-6-14(9-12)10-23-11-17(20)19-16-8-4-7-15(13(16)2)18(21)22/h3-9H,10-11H2,1-2H3,(H,19,20)(H,21,22)/p-1. The van der Waals surface area contributed by atoms with Crippen LogP contribution in [0, 0.1) is 13.8 Å². The Kier molecular flexibility index (Phi) is 5.82. The van der Waals surface area contributed by atoms with Crippen LogP contribution in [0.15, 0.2) is 42.5 Å². The highest BCUT2D eigenvalue weighted by molar-refractivity contribution is 7.99. The highest BCUT2D eigenvalue weighted by Crippen LogP contribution is 2.19. The maximum absolute atomic E-state index is 12.0. The highest BCUT2D eigenvalue weighted by atomic mass is 32.2. The van der Waals surface area contributed by atoms with Gasteiger partial charge in [0.2, 0.25) is 5.91 Å². The van der Waals surface area contributed by atoms with E-state index in [1.54, 1.807) is 19.1 Å². The minimum atomic E-state index is -1.24. The van der Waals surface area contributed by atoms with Gasteiger partial charge in [0.05, 0.1) is 11.7 Å². The Balaban J connectivity index is 1.90. The van der Waals surface area contributed by atoms with Gasteiger partial charge in [0.1, 0.15) is 0 Å². The quantitative estimate of drug-likeness (QED) is 0.885. The van der Waals surface area contributed by atoms with Crippen molar-refractivity contribution in [3.05, 3.63) is 64.7 Å². The predicted molar refractivity (Wildman–Crippen MR) is 91.5 cm³/mol. The zero-order valence-corrected chi connectivity index (χ0v) is 13.9. The van der Waals surface area contributed by atoms with Gasteiger partial charge in [0.25, 0.3) is 0 Å². The van der Waals surface area contributed by atoms with Crippen LogP contribution in [0.3, 0.4) is 0 Å². The number of hydrogen-bond donors (Lipinski definition) is 1. The molecule has 1 N–H and O–H groups in total. The van der Waals surface area contributed by atoms with Crippen LogP contribution < -0.4 is 10.4 Å². The Morgan fingerprint density at radius 3 is 2.57 bits per heavy atom. The fourth-order valence-electron chi connectivity index (χ4n) is 2.24. The van der Waals surface area contributed by atoms with Crippen molar-refractivity contribution in [1.29, 1.82) is 0 Å². The Morgan fingerprint density at radius 1 is 1.13 bits per heavy atom. The summed E-state index contributed by atoms with van der Waals surface area (Å²) in [6.45, 7) is 3.69. The monoisotopic (exact) mass is 328 g/mol. The Hall–Kier alpha value is -2.27. The minimum absolute atomic E-state index is 0.0928. The van der Waals surface area contributed by atoms with Gasteiger partial charge < -0.3 is 15.2 Å². The van der Waals surface area contributed by atoms with Crippen molar-refractivity contribution >= 4 is 29.3 Å². The summed E-state index contributed by atoms with van der Waals surface area (Å²) in [5.74, 6) is -0.329. The lowest BCUT2D eigenvalue weighted by Gasteiger charge is -2.13. The van der Waals surface area contributed by atoms with Crippen molar-refractivity contribution in [2.45, 2.75) is 19.6 Å². The van der Waals surface area contributed by atoms with Gasteiger partial charge in [0.15, 0.2) is 0 Å². The molecule has 23 heavy (non-hydrogen) atoms. The third-order valence-electron chi connectivity index (χ3n) is 3.41. The lowest BCUT2D eigenvalue weighted by molar-refractivity contribution is -0.255. The molecule has 0 saturated carbocycles. The SMILES string of the molecule is Cc1cccc(CSCC(=O)Nc2cccc(C(=O)[O-])c2C)c1. The van der Waals surface area contributed by atoms with Gasteiger partial charge in [-0.1, -0.05) is 42.0 Å². The molecule has 0 aliphatic carbocycles. The first-order valence-electron chi connectivity index (χ1n) is 7.21. The summed E-state index contributed by atoms with van der Waals surface area (Å²) in [7, 11) is 0. The summed E-state index contributed by atoms with van der Waals surface area (Å²) in [4.78, 5) is 23.0. The van der Waals surface area contributed by atoms with Crippen LogP contribution in [0.1, 0.15) is 27.0 Å². The zero-order valence-electron chi connectivity index (χ0n) is 13.1. The van der Waals surface area contributed by atoms with E-state index in [4.69, 9.17) is 0 Å². The summed E-state index contributed by atoms with van der Waals surface area (Å²) in [6, 6.07) is 12.9. The molecule has 0 spiro atoms. The average Bonchev–Trinajstić information content (AvgIpc) is 2.49. The molecule has 0 bridgehead atoms. The normalized spacial score (nSPS) is 10.3. The van der Waals surface area contributed by atoms with Crippen LogP contribution in [0.4, 0.5) is 5.69 Å². The third kappa shape index (κ3) is 4.86. The molecule has 0 aromatic heterocycles. The number of aryl methyl sites for hydroxylation is 1. The summed E-state index contributed by atoms with van der Waals surface area (Å²) in [6.07, 6.45) is 0. The van der Waals surface area contributed by atoms with E-state index in [0.717, 1.165) is 5.75 Å². The van der Waals surface area contributed by atoms with Gasteiger partial charge in [-0.3, -0.25) is 4.79 Å². The van der Waals surface area contributed by atoms with Crippen molar-refractivity contribution in [3.63, 3.8) is 0 Å². The Morgan fingerprint density at radius 2 is 1.87 bits per heavy atom. The number of amides is 1. The number of rotatable bonds is 6. The smallest absolute Gasteiger partial charge is 0.234 e. The molecule has 2 aromatic carbocycles. The number of carbonyl (C=O) groups excluding carboxylic acids is 2. The lowest BCUT2D eigenvalue weighted by Crippen LogP contribution is -2.24. The molecule has 120 valence electrons. The van der Waals surface area contributed by atoms with Crippen LogP contribution in [0.5, 0.6) is 0 Å². The van der Waals surface area contributed by atoms with E-state index in [2.05, 4.69) is 11.4 Å². The summed E-state index contributed by atoms with van der Waals surface area (Å²) in [5, 5.41) is 13.7. The van der Waals surface area contributed by atoms with Gasteiger partial charge >= 0.3 is 0 Å². The van der Waals surface area contributed by atoms with E-state index in [-0.39, 0.29) is 11.5 Å². The molecular formula is C18H18NO3S-. The van der Waals surface area contributed by atoms with E-state index >= 15 is 0 Å². The Bertz CT molecular complexity index is 728. The molecule has 2 rings (SSSR count). The number of carbonyl (C=O) groups is 2. The second kappa shape index (κ2) is 7.83. The first-order valence-corrected chi connectivity index (χ1v) is 8.37. The first kappa shape index (κ1) is 17.1. The molecule has 1 amide bonds. The highest BCUT2D eigenvalue weighted by Gasteiger charge is 2.08. The molecule has 0 aliphatic heterocycles. The second-order valence-corrected chi connectivity index (χ2v) is 6.28. The number of anilines is 1. The summed E-state index contributed by atoms with van der Waals surface area (Å²) < 4.78 is 0. The van der Waals surface area contributed by atoms with E-state index < -0.39 is 5.97 Å². The molecule has 0 aliphatic rings. The van der Waals surface area contributed by atoms with Gasteiger partial charge in [-0.2, -0.15) is 0 Å². The fourth-order valence-corrected chi connectivity index (χ4v) is 3.02. The number of benzene rings is 2. The number of nitrogens with one attached hydrogen (secondary N) is 1. The van der Waals surface area contributed by atoms with Crippen molar-refractivity contribution in [2.75, 3.05) is 11.1 Å². The number of carboxylic acids is 1. The lowest BCUT2D eigenvalue weighted by atomic mass is 10.1. The van der Waals surface area contributed by atoms with Crippen molar-refractivity contribution < 1.29 is 14.7 Å². The van der Waals surface area contributed by atoms with Crippen molar-refractivity contribution in [1.82, 2.24) is 0 Å². The van der Waals surface area contributed by atoms with Gasteiger partial charge in [-0.15, -0.1) is 11.8 Å². The third-order valence-corrected chi connectivity index (χ3v) is 4.42. The number of thioether (sulfide) groups is 1. The molecule has 0 radical (unpaired) electrons. The van der Waals surface area contributed by atoms with E-state index in [1.807, 2.05) is 25.1 Å². The fraction of sp³-hybridized carbons (Fsp3) is 0.222. The van der Waals surface area contributed by atoms with Crippen LogP contribution >= 0.6 is 11.8 Å². The number of carboxylic acid groups (broad SMARTS) is 1. The van der Waals surface area contributed by atoms with Gasteiger partial charge in [0, 0.05) is 17.0 Å². The van der Waals surface area contributed by atoms with E-state index in [1.165, 1.54) is 29.0 Å². The topological polar surface area (TPSA) is 69.2 Å². The maximum atomic E-state index is 12.0. The predicted octanol–water partition coefficient (Wildman–Crippen LogP) is 2.54. The maximum Gasteiger partial charge on any atom is 0.234 e. The number of hydrogen-bond acceptors (Lipinski definition) is 4. The first-order chi connectivity index (χ1) is 11.0. The minimum Gasteiger partial charge on any atom is -0.545 e. The van der Waals surface area contributed by atoms with E-state index in [0.29, 0.717) is 17.0 Å². The Labute approximate surface area is 139 Å². The zero-order chi connectivity index (χ0) is 16.8. The van der Waals surface area contributed by atoms with Crippen LogP contribution in [-0.2, 0) is 10.5 Å². The molecule has 0 unspecified atom stereocenters. The van der Waals surface area contributed by atoms with Crippen LogP contribution in [-0.4, -0.2) is 17.6 Å². The largest absolute Gasteiger partial charge is 0.545 e. The van der Waals surface area contributed by atoms with E-state index in [9.17, 15) is 14.7 Å². The van der Waals surface area contributed by atoms with Gasteiger partial charge in [-0.25, -0.2) is 0 Å². The summed E-state index contributed by atoms with van der Waals surface area (Å²) in [5.41, 5.74) is 3.48. The van der Waals surface area contributed by atoms with Crippen LogP contribution in [0.25, 0.3) is 0 Å². The van der Waals surface area contributed by atoms with Crippen molar-refractivity contribution in [3.8, 4) is 0 Å². The van der Waals surface area contributed by atoms with Crippen LogP contribution in [0.2, 0.25) is 0 Å². The molecule has 4 nitrogen and oxygen atoms in total. The molecule has 0 heterocycles.